The van der Waals surface area contributed by atoms with E-state index < -0.39 is 6.09 Å². The third kappa shape index (κ3) is 5.55. The molecule has 3 aromatic rings. The summed E-state index contributed by atoms with van der Waals surface area (Å²) in [4.78, 5) is 15.0. The topological polar surface area (TPSA) is 126 Å². The van der Waals surface area contributed by atoms with Gasteiger partial charge in [0.15, 0.2) is 5.76 Å². The van der Waals surface area contributed by atoms with Gasteiger partial charge in [0.25, 0.3) is 0 Å². The number of hydrogen-bond acceptors (Lipinski definition) is 7. The van der Waals surface area contributed by atoms with Crippen molar-refractivity contribution in [3.63, 3.8) is 0 Å². The Morgan fingerprint density at radius 2 is 1.93 bits per heavy atom. The van der Waals surface area contributed by atoms with Crippen LogP contribution in [-0.2, 0) is 0 Å². The van der Waals surface area contributed by atoms with Crippen molar-refractivity contribution in [3.8, 4) is 34.1 Å². The van der Waals surface area contributed by atoms with Crippen molar-refractivity contribution in [2.75, 3.05) is 6.61 Å². The number of aromatic nitrogens is 2. The van der Waals surface area contributed by atoms with Crippen molar-refractivity contribution in [3.05, 3.63) is 48.8 Å². The third-order valence-corrected chi connectivity index (χ3v) is 4.18. The molecule has 1 unspecified atom stereocenters. The van der Waals surface area contributed by atoms with Crippen LogP contribution in [-0.4, -0.2) is 28.9 Å². The molecule has 1 aromatic carbocycles. The van der Waals surface area contributed by atoms with E-state index in [0.29, 0.717) is 24.0 Å². The molecule has 4 N–H and O–H groups in total. The van der Waals surface area contributed by atoms with Gasteiger partial charge in [0.1, 0.15) is 12.4 Å². The summed E-state index contributed by atoms with van der Waals surface area (Å²) in [6.07, 6.45) is 3.06. The van der Waals surface area contributed by atoms with Crippen molar-refractivity contribution in [1.29, 1.82) is 0 Å². The maximum Gasteiger partial charge on any atom is 0.411 e. The van der Waals surface area contributed by atoms with E-state index in [1.807, 2.05) is 18.2 Å². The third-order valence-electron chi connectivity index (χ3n) is 4.18. The smallest absolute Gasteiger partial charge is 0.411 e. The average molecular weight is 396 g/mol. The second kappa shape index (κ2) is 9.20. The number of nitrogens with zero attached hydrogens (tertiary/aromatic N) is 2. The minimum Gasteiger partial charge on any atom is -0.491 e. The van der Waals surface area contributed by atoms with E-state index in [1.165, 1.54) is 6.20 Å². The Morgan fingerprint density at radius 1 is 1.14 bits per heavy atom. The normalized spacial score (nSPS) is 12.0. The van der Waals surface area contributed by atoms with Gasteiger partial charge in [-0.2, -0.15) is 0 Å². The Morgan fingerprint density at radius 3 is 2.62 bits per heavy atom. The van der Waals surface area contributed by atoms with Crippen LogP contribution in [0, 0.1) is 5.92 Å². The van der Waals surface area contributed by atoms with E-state index in [0.717, 1.165) is 23.1 Å². The van der Waals surface area contributed by atoms with Crippen molar-refractivity contribution in [2.24, 2.45) is 17.4 Å². The monoisotopic (exact) mass is 396 g/mol. The molecule has 0 spiro atoms. The Labute approximate surface area is 168 Å². The molecule has 1 atom stereocenters. The summed E-state index contributed by atoms with van der Waals surface area (Å²) >= 11 is 0. The first-order valence-corrected chi connectivity index (χ1v) is 9.29. The molecule has 1 amide bonds. The summed E-state index contributed by atoms with van der Waals surface area (Å²) in [7, 11) is 0. The van der Waals surface area contributed by atoms with Crippen LogP contribution in [0.5, 0.6) is 11.6 Å². The van der Waals surface area contributed by atoms with Crippen molar-refractivity contribution in [1.82, 2.24) is 10.1 Å². The number of carbonyl (C=O) groups is 1. The van der Waals surface area contributed by atoms with Gasteiger partial charge in [-0.3, -0.25) is 0 Å². The molecule has 0 bridgehead atoms. The molecular formula is C21H24N4O4. The predicted molar refractivity (Wildman–Crippen MR) is 108 cm³/mol. The molecule has 2 heterocycles. The summed E-state index contributed by atoms with van der Waals surface area (Å²) in [5.74, 6) is 1.83. The largest absolute Gasteiger partial charge is 0.491 e. The molecule has 0 radical (unpaired) electrons. The number of pyridine rings is 1. The van der Waals surface area contributed by atoms with Crippen molar-refractivity contribution < 1.29 is 18.8 Å². The van der Waals surface area contributed by atoms with Gasteiger partial charge in [0.05, 0.1) is 11.8 Å². The standard InChI is InChI=1S/C21H24N4O4/c1-13(2)9-16(22)12-27-18-4-3-14(10-17(18)19-6-8-25-29-19)15-5-7-24-20(11-15)28-21(23)26/h3-8,10-11,13,16H,9,12,22H2,1-2H3,(H2,23,26). The summed E-state index contributed by atoms with van der Waals surface area (Å²) in [5.41, 5.74) is 13.6. The fourth-order valence-electron chi connectivity index (χ4n) is 3.00. The van der Waals surface area contributed by atoms with Gasteiger partial charge in [0, 0.05) is 24.4 Å². The lowest BCUT2D eigenvalue weighted by Crippen LogP contribution is -2.29. The highest BCUT2D eigenvalue weighted by Gasteiger charge is 2.15. The predicted octanol–water partition coefficient (Wildman–Crippen LogP) is 3.61. The molecule has 0 saturated carbocycles. The lowest BCUT2D eigenvalue weighted by Gasteiger charge is -2.17. The average Bonchev–Trinajstić information content (AvgIpc) is 3.20. The lowest BCUT2D eigenvalue weighted by atomic mass is 10.0. The van der Waals surface area contributed by atoms with Gasteiger partial charge >= 0.3 is 6.09 Å². The van der Waals surface area contributed by atoms with Crippen molar-refractivity contribution >= 4 is 6.09 Å². The maximum atomic E-state index is 11.0. The zero-order valence-electron chi connectivity index (χ0n) is 16.4. The quantitative estimate of drug-likeness (QED) is 0.595. The summed E-state index contributed by atoms with van der Waals surface area (Å²) in [5, 5.41) is 3.79. The molecule has 29 heavy (non-hydrogen) atoms. The molecular weight excluding hydrogens is 372 g/mol. The maximum absolute atomic E-state index is 11.0. The van der Waals surface area contributed by atoms with Crippen LogP contribution in [0.15, 0.2) is 53.3 Å². The Balaban J connectivity index is 1.90. The highest BCUT2D eigenvalue weighted by atomic mass is 16.6. The number of primary amides is 1. The van der Waals surface area contributed by atoms with Gasteiger partial charge in [-0.15, -0.1) is 0 Å². The first-order valence-electron chi connectivity index (χ1n) is 9.29. The van der Waals surface area contributed by atoms with Gasteiger partial charge in [-0.1, -0.05) is 25.1 Å². The minimum absolute atomic E-state index is 0.0639. The van der Waals surface area contributed by atoms with E-state index in [-0.39, 0.29) is 11.9 Å². The first-order chi connectivity index (χ1) is 13.9. The second-order valence-electron chi connectivity index (χ2n) is 7.09. The number of benzene rings is 1. The van der Waals surface area contributed by atoms with Crippen LogP contribution < -0.4 is 20.9 Å². The molecule has 0 fully saturated rings. The van der Waals surface area contributed by atoms with E-state index in [4.69, 9.17) is 25.5 Å². The number of hydrogen-bond donors (Lipinski definition) is 2. The van der Waals surface area contributed by atoms with Gasteiger partial charge in [0.2, 0.25) is 5.88 Å². The highest BCUT2D eigenvalue weighted by molar-refractivity contribution is 5.76. The van der Waals surface area contributed by atoms with E-state index >= 15 is 0 Å². The zero-order valence-corrected chi connectivity index (χ0v) is 16.4. The number of rotatable bonds is 8. The zero-order chi connectivity index (χ0) is 20.8. The summed E-state index contributed by atoms with van der Waals surface area (Å²) in [6, 6.07) is 10.8. The summed E-state index contributed by atoms with van der Waals surface area (Å²) in [6.45, 7) is 4.64. The number of carbonyl (C=O) groups excluding carboxylic acids is 1. The number of nitrogens with two attached hydrogens (primary N) is 2. The first kappa shape index (κ1) is 20.3. The molecule has 0 aliphatic carbocycles. The Hall–Kier alpha value is -3.39. The molecule has 0 saturated heterocycles. The number of amides is 1. The van der Waals surface area contributed by atoms with Gasteiger partial charge in [-0.05, 0) is 41.7 Å². The molecule has 0 aliphatic heterocycles. The molecule has 0 aliphatic rings. The van der Waals surface area contributed by atoms with E-state index in [2.05, 4.69) is 24.0 Å². The fraction of sp³-hybridized carbons (Fsp3) is 0.286. The minimum atomic E-state index is -0.918. The van der Waals surface area contributed by atoms with Crippen LogP contribution in [0.3, 0.4) is 0 Å². The van der Waals surface area contributed by atoms with Gasteiger partial charge < -0.3 is 25.5 Å². The van der Waals surface area contributed by atoms with Gasteiger partial charge in [-0.25, -0.2) is 9.78 Å². The summed E-state index contributed by atoms with van der Waals surface area (Å²) < 4.78 is 16.2. The molecule has 8 heteroatoms. The fourth-order valence-corrected chi connectivity index (χ4v) is 3.00. The van der Waals surface area contributed by atoms with E-state index in [9.17, 15) is 4.79 Å². The van der Waals surface area contributed by atoms with Crippen LogP contribution in [0.2, 0.25) is 0 Å². The van der Waals surface area contributed by atoms with Crippen molar-refractivity contribution in [2.45, 2.75) is 26.3 Å². The van der Waals surface area contributed by atoms with E-state index in [1.54, 1.807) is 24.4 Å². The van der Waals surface area contributed by atoms with Crippen LogP contribution in [0.4, 0.5) is 4.79 Å². The van der Waals surface area contributed by atoms with Crippen LogP contribution in [0.25, 0.3) is 22.5 Å². The molecule has 152 valence electrons. The Kier molecular flexibility index (Phi) is 6.46. The molecule has 8 nitrogen and oxygen atoms in total. The highest BCUT2D eigenvalue weighted by Crippen LogP contribution is 2.35. The molecule has 2 aromatic heterocycles. The van der Waals surface area contributed by atoms with Crippen LogP contribution >= 0.6 is 0 Å². The number of ether oxygens (including phenoxy) is 2. The lowest BCUT2D eigenvalue weighted by molar-refractivity contribution is 0.209. The SMILES string of the molecule is CC(C)CC(N)COc1ccc(-c2ccnc(OC(N)=O)c2)cc1-c1ccno1. The Bertz CT molecular complexity index is 957. The van der Waals surface area contributed by atoms with Crippen LogP contribution in [0.1, 0.15) is 20.3 Å². The second-order valence-corrected chi connectivity index (χ2v) is 7.09. The molecule has 3 rings (SSSR count).